The summed E-state index contributed by atoms with van der Waals surface area (Å²) >= 11 is 0. The molecule has 0 unspecified atom stereocenters. The molecule has 0 saturated carbocycles. The van der Waals surface area contributed by atoms with Crippen molar-refractivity contribution in [1.82, 2.24) is 0 Å². The van der Waals surface area contributed by atoms with Gasteiger partial charge in [-0.1, -0.05) is 18.2 Å². The predicted octanol–water partition coefficient (Wildman–Crippen LogP) is 3.36. The van der Waals surface area contributed by atoms with Crippen LogP contribution in [0.4, 0.5) is 18.9 Å². The van der Waals surface area contributed by atoms with E-state index in [0.29, 0.717) is 16.8 Å². The fourth-order valence-corrected chi connectivity index (χ4v) is 2.07. The van der Waals surface area contributed by atoms with Gasteiger partial charge < -0.3 is 11.5 Å². The summed E-state index contributed by atoms with van der Waals surface area (Å²) in [7, 11) is 0. The van der Waals surface area contributed by atoms with Gasteiger partial charge in [0.25, 0.3) is 0 Å². The number of benzene rings is 2. The maximum atomic E-state index is 12.6. The fourth-order valence-electron chi connectivity index (χ4n) is 2.07. The van der Waals surface area contributed by atoms with Crippen LogP contribution in [0.2, 0.25) is 0 Å². The Balaban J connectivity index is 2.61. The first kappa shape index (κ1) is 14.9. The lowest BCUT2D eigenvalue weighted by Crippen LogP contribution is -2.14. The Hall–Kier alpha value is -2.50. The van der Waals surface area contributed by atoms with E-state index < -0.39 is 17.6 Å². The zero-order valence-electron chi connectivity index (χ0n) is 11.2. The molecule has 110 valence electrons. The number of rotatable bonds is 2. The minimum absolute atomic E-state index is 0.179. The van der Waals surface area contributed by atoms with Crippen molar-refractivity contribution >= 4 is 11.6 Å². The number of nitrogens with two attached hydrogens (primary N) is 2. The molecule has 0 atom stereocenters. The van der Waals surface area contributed by atoms with Crippen LogP contribution >= 0.6 is 0 Å². The lowest BCUT2D eigenvalue weighted by Gasteiger charge is -2.14. The summed E-state index contributed by atoms with van der Waals surface area (Å²) in [4.78, 5) is 11.5. The summed E-state index contributed by atoms with van der Waals surface area (Å²) in [6.45, 7) is 1.74. The van der Waals surface area contributed by atoms with Gasteiger partial charge in [0.1, 0.15) is 0 Å². The van der Waals surface area contributed by atoms with Crippen molar-refractivity contribution < 1.29 is 18.0 Å². The van der Waals surface area contributed by atoms with Crippen molar-refractivity contribution in [3.8, 4) is 11.1 Å². The number of halogens is 3. The van der Waals surface area contributed by atoms with Crippen LogP contribution in [0.1, 0.15) is 21.5 Å². The van der Waals surface area contributed by atoms with E-state index in [4.69, 9.17) is 11.5 Å². The first-order valence-electron chi connectivity index (χ1n) is 6.08. The van der Waals surface area contributed by atoms with Crippen LogP contribution < -0.4 is 11.5 Å². The van der Waals surface area contributed by atoms with Crippen LogP contribution in [-0.4, -0.2) is 5.91 Å². The highest BCUT2D eigenvalue weighted by atomic mass is 19.4. The molecule has 0 aromatic heterocycles. The van der Waals surface area contributed by atoms with E-state index in [2.05, 4.69) is 0 Å². The van der Waals surface area contributed by atoms with E-state index in [0.717, 1.165) is 17.7 Å². The van der Waals surface area contributed by atoms with Crippen LogP contribution in [0, 0.1) is 6.92 Å². The first-order chi connectivity index (χ1) is 9.71. The largest absolute Gasteiger partial charge is 0.416 e. The second-order valence-corrected chi connectivity index (χ2v) is 4.66. The highest BCUT2D eigenvalue weighted by Gasteiger charge is 2.30. The van der Waals surface area contributed by atoms with Gasteiger partial charge in [-0.25, -0.2) is 0 Å². The molecule has 21 heavy (non-hydrogen) atoms. The third-order valence-corrected chi connectivity index (χ3v) is 3.23. The number of carbonyl (C=O) groups is 1. The fraction of sp³-hybridized carbons (Fsp3) is 0.133. The molecule has 4 N–H and O–H groups in total. The van der Waals surface area contributed by atoms with E-state index in [1.165, 1.54) is 18.2 Å². The molecule has 2 aromatic carbocycles. The van der Waals surface area contributed by atoms with Gasteiger partial charge in [0.15, 0.2) is 0 Å². The zero-order chi connectivity index (χ0) is 15.8. The minimum atomic E-state index is -4.41. The van der Waals surface area contributed by atoms with Crippen molar-refractivity contribution in [3.63, 3.8) is 0 Å². The molecule has 3 nitrogen and oxygen atoms in total. The molecule has 0 aliphatic heterocycles. The quantitative estimate of drug-likeness (QED) is 0.834. The monoisotopic (exact) mass is 294 g/mol. The van der Waals surface area contributed by atoms with Crippen molar-refractivity contribution in [2.45, 2.75) is 13.1 Å². The second kappa shape index (κ2) is 5.12. The molecule has 0 heterocycles. The number of carbonyl (C=O) groups excluding carboxylic acids is 1. The van der Waals surface area contributed by atoms with Gasteiger partial charge in [-0.3, -0.25) is 4.79 Å². The lowest BCUT2D eigenvalue weighted by molar-refractivity contribution is -0.137. The van der Waals surface area contributed by atoms with Crippen molar-refractivity contribution in [2.24, 2.45) is 5.73 Å². The molecule has 1 amide bonds. The van der Waals surface area contributed by atoms with Crippen molar-refractivity contribution in [3.05, 3.63) is 53.1 Å². The van der Waals surface area contributed by atoms with Crippen LogP contribution in [0.3, 0.4) is 0 Å². The molecular weight excluding hydrogens is 281 g/mol. The number of hydrogen-bond acceptors (Lipinski definition) is 2. The SMILES string of the molecule is Cc1ccc(C(N)=O)c(-c2ccc(C(F)(F)F)cc2)c1N. The third kappa shape index (κ3) is 2.84. The Morgan fingerprint density at radius 1 is 1.05 bits per heavy atom. The summed E-state index contributed by atoms with van der Waals surface area (Å²) in [5.41, 5.74) is 12.5. The van der Waals surface area contributed by atoms with Crippen LogP contribution in [0.5, 0.6) is 0 Å². The molecule has 0 spiro atoms. The summed E-state index contributed by atoms with van der Waals surface area (Å²) in [6, 6.07) is 7.61. The molecule has 0 aliphatic rings. The summed E-state index contributed by atoms with van der Waals surface area (Å²) in [6.07, 6.45) is -4.41. The van der Waals surface area contributed by atoms with E-state index in [9.17, 15) is 18.0 Å². The molecule has 0 fully saturated rings. The summed E-state index contributed by atoms with van der Waals surface area (Å²) in [5.74, 6) is -0.684. The van der Waals surface area contributed by atoms with Gasteiger partial charge in [-0.05, 0) is 36.2 Å². The Bertz CT molecular complexity index is 691. The highest BCUT2D eigenvalue weighted by molar-refractivity contribution is 6.03. The van der Waals surface area contributed by atoms with E-state index >= 15 is 0 Å². The number of anilines is 1. The zero-order valence-corrected chi connectivity index (χ0v) is 11.2. The highest BCUT2D eigenvalue weighted by Crippen LogP contribution is 2.35. The maximum Gasteiger partial charge on any atom is 0.416 e. The third-order valence-electron chi connectivity index (χ3n) is 3.23. The smallest absolute Gasteiger partial charge is 0.398 e. The Morgan fingerprint density at radius 3 is 2.10 bits per heavy atom. The molecule has 0 radical (unpaired) electrons. The minimum Gasteiger partial charge on any atom is -0.398 e. The number of aryl methyl sites for hydroxylation is 1. The first-order valence-corrected chi connectivity index (χ1v) is 6.08. The number of primary amides is 1. The predicted molar refractivity (Wildman–Crippen MR) is 74.5 cm³/mol. The molecule has 6 heteroatoms. The van der Waals surface area contributed by atoms with Gasteiger partial charge in [-0.15, -0.1) is 0 Å². The van der Waals surface area contributed by atoms with Gasteiger partial charge in [-0.2, -0.15) is 13.2 Å². The van der Waals surface area contributed by atoms with Crippen molar-refractivity contribution in [2.75, 3.05) is 5.73 Å². The van der Waals surface area contributed by atoms with Gasteiger partial charge in [0.05, 0.1) is 5.56 Å². The Labute approximate surface area is 119 Å². The number of alkyl halides is 3. The number of amides is 1. The van der Waals surface area contributed by atoms with Crippen LogP contribution in [0.25, 0.3) is 11.1 Å². The van der Waals surface area contributed by atoms with E-state index in [-0.39, 0.29) is 5.56 Å². The molecule has 2 aromatic rings. The van der Waals surface area contributed by atoms with E-state index in [1.807, 2.05) is 0 Å². The van der Waals surface area contributed by atoms with Crippen LogP contribution in [0.15, 0.2) is 36.4 Å². The maximum absolute atomic E-state index is 12.6. The van der Waals surface area contributed by atoms with Crippen molar-refractivity contribution in [1.29, 1.82) is 0 Å². The van der Waals surface area contributed by atoms with Gasteiger partial charge in [0.2, 0.25) is 5.91 Å². The van der Waals surface area contributed by atoms with E-state index in [1.54, 1.807) is 13.0 Å². The normalized spacial score (nSPS) is 11.4. The second-order valence-electron chi connectivity index (χ2n) is 4.66. The molecule has 0 bridgehead atoms. The van der Waals surface area contributed by atoms with Crippen LogP contribution in [-0.2, 0) is 6.18 Å². The Kier molecular flexibility index (Phi) is 3.63. The molecule has 0 saturated heterocycles. The number of hydrogen-bond donors (Lipinski definition) is 2. The summed E-state index contributed by atoms with van der Waals surface area (Å²) in [5, 5.41) is 0. The number of nitrogen functional groups attached to an aromatic ring is 1. The molecule has 2 rings (SSSR count). The lowest BCUT2D eigenvalue weighted by atomic mass is 9.94. The average Bonchev–Trinajstić information content (AvgIpc) is 2.40. The Morgan fingerprint density at radius 2 is 1.62 bits per heavy atom. The average molecular weight is 294 g/mol. The van der Waals surface area contributed by atoms with Gasteiger partial charge in [0, 0.05) is 16.8 Å². The van der Waals surface area contributed by atoms with Gasteiger partial charge >= 0.3 is 6.18 Å². The topological polar surface area (TPSA) is 69.1 Å². The molecular formula is C15H13F3N2O. The standard InChI is InChI=1S/C15H13F3N2O/c1-8-2-7-11(14(20)21)12(13(8)19)9-3-5-10(6-4-9)15(16,17)18/h2-7H,19H2,1H3,(H2,20,21). The molecule has 0 aliphatic carbocycles. The summed E-state index contributed by atoms with van der Waals surface area (Å²) < 4.78 is 37.7.